The molecule has 2 saturated heterocycles. The molecule has 1 aliphatic carbocycles. The standard InChI is InChI=1S/C22H32FN3O3S/c23-19-9-2-4-11-21(19)30(28,29)25-13-6-12-24(15-16-25)17-22(27)26-14-5-8-18-7-1-3-10-20(18)26/h2,4,9,11,18,20H,1,3,5-8,10,12-17H2/t18-,20+/m0/s1. The van der Waals surface area contributed by atoms with E-state index in [1.807, 2.05) is 0 Å². The Balaban J connectivity index is 1.37. The molecule has 2 heterocycles. The van der Waals surface area contributed by atoms with Gasteiger partial charge in [-0.2, -0.15) is 4.31 Å². The fraction of sp³-hybridized carbons (Fsp3) is 0.682. The summed E-state index contributed by atoms with van der Waals surface area (Å²) in [6.07, 6.45) is 7.79. The van der Waals surface area contributed by atoms with E-state index in [0.717, 1.165) is 19.4 Å². The quantitative estimate of drug-likeness (QED) is 0.727. The topological polar surface area (TPSA) is 60.9 Å². The largest absolute Gasteiger partial charge is 0.338 e. The van der Waals surface area contributed by atoms with E-state index >= 15 is 0 Å². The molecule has 1 aromatic carbocycles. The fourth-order valence-corrected chi connectivity index (χ4v) is 6.89. The van der Waals surface area contributed by atoms with Gasteiger partial charge in [-0.25, -0.2) is 12.8 Å². The van der Waals surface area contributed by atoms with Crippen molar-refractivity contribution in [3.63, 3.8) is 0 Å². The third-order valence-corrected chi connectivity index (χ3v) is 8.86. The maximum Gasteiger partial charge on any atom is 0.246 e. The molecule has 0 N–H and O–H groups in total. The van der Waals surface area contributed by atoms with Gasteiger partial charge < -0.3 is 4.90 Å². The number of likely N-dealkylation sites (tertiary alicyclic amines) is 1. The Kier molecular flexibility index (Phi) is 6.75. The van der Waals surface area contributed by atoms with Gasteiger partial charge in [-0.1, -0.05) is 25.0 Å². The number of halogens is 1. The number of hydrogen-bond donors (Lipinski definition) is 0. The first-order valence-corrected chi connectivity index (χ1v) is 12.7. The number of fused-ring (bicyclic) bond motifs is 1. The van der Waals surface area contributed by atoms with E-state index in [2.05, 4.69) is 9.80 Å². The Hall–Kier alpha value is -1.51. The van der Waals surface area contributed by atoms with Crippen LogP contribution in [0, 0.1) is 11.7 Å². The molecule has 1 aromatic rings. The summed E-state index contributed by atoms with van der Waals surface area (Å²) in [6.45, 7) is 2.97. The van der Waals surface area contributed by atoms with E-state index in [-0.39, 0.29) is 17.3 Å². The van der Waals surface area contributed by atoms with Gasteiger partial charge in [0.25, 0.3) is 0 Å². The zero-order valence-electron chi connectivity index (χ0n) is 17.5. The number of rotatable bonds is 4. The molecule has 0 aromatic heterocycles. The van der Waals surface area contributed by atoms with Crippen LogP contribution in [0.3, 0.4) is 0 Å². The summed E-state index contributed by atoms with van der Waals surface area (Å²) in [5, 5.41) is 0. The van der Waals surface area contributed by atoms with E-state index in [0.29, 0.717) is 44.6 Å². The molecule has 3 fully saturated rings. The van der Waals surface area contributed by atoms with Crippen molar-refractivity contribution in [3.8, 4) is 0 Å². The van der Waals surface area contributed by atoms with Crippen LogP contribution >= 0.6 is 0 Å². The van der Waals surface area contributed by atoms with Crippen LogP contribution in [0.4, 0.5) is 4.39 Å². The lowest BCUT2D eigenvalue weighted by atomic mass is 9.78. The predicted octanol–water partition coefficient (Wildman–Crippen LogP) is 2.70. The summed E-state index contributed by atoms with van der Waals surface area (Å²) in [4.78, 5) is 17.0. The molecule has 0 spiro atoms. The summed E-state index contributed by atoms with van der Waals surface area (Å²) in [5.74, 6) is 0.111. The molecule has 4 rings (SSSR count). The maximum absolute atomic E-state index is 14.1. The summed E-state index contributed by atoms with van der Waals surface area (Å²) < 4.78 is 41.2. The van der Waals surface area contributed by atoms with Gasteiger partial charge in [-0.15, -0.1) is 0 Å². The Morgan fingerprint density at radius 1 is 0.933 bits per heavy atom. The summed E-state index contributed by atoms with van der Waals surface area (Å²) in [5.41, 5.74) is 0. The van der Waals surface area contributed by atoms with E-state index in [4.69, 9.17) is 0 Å². The van der Waals surface area contributed by atoms with Crippen LogP contribution < -0.4 is 0 Å². The Labute approximate surface area is 179 Å². The average molecular weight is 438 g/mol. The van der Waals surface area contributed by atoms with Gasteiger partial charge in [0.2, 0.25) is 15.9 Å². The van der Waals surface area contributed by atoms with Crippen molar-refractivity contribution < 1.29 is 17.6 Å². The van der Waals surface area contributed by atoms with Crippen molar-refractivity contribution in [1.82, 2.24) is 14.1 Å². The number of carbonyl (C=O) groups excluding carboxylic acids is 1. The minimum absolute atomic E-state index is 0.178. The number of sulfonamides is 1. The third kappa shape index (κ3) is 4.55. The maximum atomic E-state index is 14.1. The van der Waals surface area contributed by atoms with E-state index < -0.39 is 15.8 Å². The fourth-order valence-electron chi connectivity index (χ4n) is 5.36. The number of piperidine rings is 1. The van der Waals surface area contributed by atoms with Gasteiger partial charge in [0.15, 0.2) is 0 Å². The Morgan fingerprint density at radius 2 is 1.70 bits per heavy atom. The van der Waals surface area contributed by atoms with Gasteiger partial charge in [0.05, 0.1) is 6.54 Å². The van der Waals surface area contributed by atoms with Gasteiger partial charge in [0, 0.05) is 32.2 Å². The second-order valence-corrected chi connectivity index (χ2v) is 10.7. The first-order chi connectivity index (χ1) is 14.5. The van der Waals surface area contributed by atoms with Crippen LogP contribution in [0.2, 0.25) is 0 Å². The molecule has 166 valence electrons. The van der Waals surface area contributed by atoms with Gasteiger partial charge in [-0.3, -0.25) is 9.69 Å². The molecule has 1 amide bonds. The van der Waals surface area contributed by atoms with Gasteiger partial charge in [-0.05, 0) is 56.7 Å². The molecule has 0 unspecified atom stereocenters. The highest BCUT2D eigenvalue weighted by Gasteiger charge is 2.36. The Morgan fingerprint density at radius 3 is 2.53 bits per heavy atom. The lowest BCUT2D eigenvalue weighted by Crippen LogP contribution is -2.52. The number of amides is 1. The second kappa shape index (κ2) is 9.32. The number of nitrogens with zero attached hydrogens (tertiary/aromatic N) is 3. The van der Waals surface area contributed by atoms with E-state index in [9.17, 15) is 17.6 Å². The summed E-state index contributed by atoms with van der Waals surface area (Å²) >= 11 is 0. The van der Waals surface area contributed by atoms with Crippen LogP contribution in [-0.2, 0) is 14.8 Å². The number of carbonyl (C=O) groups is 1. The predicted molar refractivity (Wildman–Crippen MR) is 113 cm³/mol. The molecule has 0 radical (unpaired) electrons. The summed E-state index contributed by atoms with van der Waals surface area (Å²) in [6, 6.07) is 5.91. The minimum Gasteiger partial charge on any atom is -0.338 e. The molecular weight excluding hydrogens is 405 g/mol. The van der Waals surface area contributed by atoms with Crippen molar-refractivity contribution in [1.29, 1.82) is 0 Å². The highest BCUT2D eigenvalue weighted by atomic mass is 32.2. The third-order valence-electron chi connectivity index (χ3n) is 6.92. The van der Waals surface area contributed by atoms with Crippen LogP contribution in [0.15, 0.2) is 29.2 Å². The monoisotopic (exact) mass is 437 g/mol. The van der Waals surface area contributed by atoms with Crippen LogP contribution in [0.25, 0.3) is 0 Å². The van der Waals surface area contributed by atoms with Gasteiger partial charge >= 0.3 is 0 Å². The molecule has 2 aliphatic heterocycles. The molecule has 2 atom stereocenters. The molecule has 3 aliphatic rings. The van der Waals surface area contributed by atoms with Crippen LogP contribution in [-0.4, -0.2) is 73.7 Å². The van der Waals surface area contributed by atoms with E-state index in [1.54, 1.807) is 0 Å². The minimum atomic E-state index is -3.87. The van der Waals surface area contributed by atoms with Crippen LogP contribution in [0.1, 0.15) is 44.9 Å². The highest BCUT2D eigenvalue weighted by molar-refractivity contribution is 7.89. The van der Waals surface area contributed by atoms with Crippen molar-refractivity contribution in [2.75, 3.05) is 39.3 Å². The molecule has 30 heavy (non-hydrogen) atoms. The smallest absolute Gasteiger partial charge is 0.246 e. The van der Waals surface area contributed by atoms with Crippen LogP contribution in [0.5, 0.6) is 0 Å². The zero-order valence-corrected chi connectivity index (χ0v) is 18.3. The summed E-state index contributed by atoms with van der Waals surface area (Å²) in [7, 11) is -3.87. The first kappa shape index (κ1) is 21.7. The lowest BCUT2D eigenvalue weighted by molar-refractivity contribution is -0.138. The Bertz CT molecular complexity index is 861. The molecular formula is C22H32FN3O3S. The average Bonchev–Trinajstić information content (AvgIpc) is 2.99. The first-order valence-electron chi connectivity index (χ1n) is 11.2. The molecule has 6 nitrogen and oxygen atoms in total. The zero-order chi connectivity index (χ0) is 21.1. The molecule has 8 heteroatoms. The molecule has 1 saturated carbocycles. The lowest BCUT2D eigenvalue weighted by Gasteiger charge is -2.44. The van der Waals surface area contributed by atoms with Crippen molar-refractivity contribution in [2.24, 2.45) is 5.92 Å². The van der Waals surface area contributed by atoms with Crippen molar-refractivity contribution in [3.05, 3.63) is 30.1 Å². The molecule has 0 bridgehead atoms. The normalized spacial score (nSPS) is 26.8. The highest BCUT2D eigenvalue weighted by Crippen LogP contribution is 2.35. The SMILES string of the molecule is O=C(CN1CCCN(S(=O)(=O)c2ccccc2F)CC1)N1CCC[C@@H]2CCCC[C@H]21. The number of hydrogen-bond acceptors (Lipinski definition) is 4. The van der Waals surface area contributed by atoms with E-state index in [1.165, 1.54) is 54.3 Å². The van der Waals surface area contributed by atoms with Gasteiger partial charge in [0.1, 0.15) is 10.7 Å². The van der Waals surface area contributed by atoms with Crippen molar-refractivity contribution in [2.45, 2.75) is 55.9 Å². The number of benzene rings is 1. The van der Waals surface area contributed by atoms with Crippen molar-refractivity contribution >= 4 is 15.9 Å². The second-order valence-electron chi connectivity index (χ2n) is 8.81.